The van der Waals surface area contributed by atoms with Crippen molar-refractivity contribution < 1.29 is 18.1 Å². The van der Waals surface area contributed by atoms with Crippen LogP contribution in [0.5, 0.6) is 0 Å². The standard InChI is InChI=1S/C6H12O4S/c1-2-6(7)4-3-5-11(8,9)10/h2,6-7H,1,3-5H2,(H,8,9,10). The van der Waals surface area contributed by atoms with Crippen molar-refractivity contribution in [1.29, 1.82) is 0 Å². The zero-order valence-corrected chi connectivity index (χ0v) is 6.92. The van der Waals surface area contributed by atoms with Crippen LogP contribution in [0.4, 0.5) is 0 Å². The second kappa shape index (κ2) is 4.48. The lowest BCUT2D eigenvalue weighted by Crippen LogP contribution is -2.08. The molecule has 4 nitrogen and oxygen atoms in total. The van der Waals surface area contributed by atoms with Crippen molar-refractivity contribution in [2.45, 2.75) is 18.9 Å². The van der Waals surface area contributed by atoms with Crippen LogP contribution in [0.2, 0.25) is 0 Å². The summed E-state index contributed by atoms with van der Waals surface area (Å²) in [5.41, 5.74) is 0. The Balaban J connectivity index is 3.51. The van der Waals surface area contributed by atoms with Crippen LogP contribution < -0.4 is 0 Å². The molecule has 0 aliphatic rings. The summed E-state index contributed by atoms with van der Waals surface area (Å²) in [5, 5.41) is 8.86. The van der Waals surface area contributed by atoms with Crippen LogP contribution in [0, 0.1) is 0 Å². The smallest absolute Gasteiger partial charge is 0.264 e. The maximum absolute atomic E-state index is 10.1. The highest BCUT2D eigenvalue weighted by Gasteiger charge is 2.05. The predicted molar refractivity (Wildman–Crippen MR) is 41.9 cm³/mol. The van der Waals surface area contributed by atoms with Gasteiger partial charge in [-0.25, -0.2) is 0 Å². The Morgan fingerprint density at radius 3 is 2.45 bits per heavy atom. The third-order valence-corrected chi connectivity index (χ3v) is 1.98. The summed E-state index contributed by atoms with van der Waals surface area (Å²) in [6.07, 6.45) is 1.19. The van der Waals surface area contributed by atoms with E-state index in [2.05, 4.69) is 6.58 Å². The Kier molecular flexibility index (Phi) is 4.32. The number of hydrogen-bond acceptors (Lipinski definition) is 3. The van der Waals surface area contributed by atoms with Gasteiger partial charge in [0.15, 0.2) is 0 Å². The van der Waals surface area contributed by atoms with E-state index in [0.717, 1.165) is 0 Å². The first-order valence-electron chi connectivity index (χ1n) is 3.21. The fourth-order valence-corrected chi connectivity index (χ4v) is 1.12. The van der Waals surface area contributed by atoms with Crippen LogP contribution in [0.1, 0.15) is 12.8 Å². The fraction of sp³-hybridized carbons (Fsp3) is 0.667. The SMILES string of the molecule is C=CC(O)CCCS(=O)(=O)O. The molecular formula is C6H12O4S. The summed E-state index contributed by atoms with van der Waals surface area (Å²) in [4.78, 5) is 0. The molecule has 5 heteroatoms. The molecule has 0 radical (unpaired) electrons. The molecular weight excluding hydrogens is 168 g/mol. The quantitative estimate of drug-likeness (QED) is 0.468. The molecule has 0 aliphatic carbocycles. The molecule has 0 aliphatic heterocycles. The zero-order valence-electron chi connectivity index (χ0n) is 6.10. The van der Waals surface area contributed by atoms with Gasteiger partial charge in [-0.15, -0.1) is 6.58 Å². The van der Waals surface area contributed by atoms with E-state index in [9.17, 15) is 8.42 Å². The monoisotopic (exact) mass is 180 g/mol. The van der Waals surface area contributed by atoms with Crippen molar-refractivity contribution in [3.8, 4) is 0 Å². The Bertz CT molecular complexity index is 207. The van der Waals surface area contributed by atoms with Gasteiger partial charge in [-0.2, -0.15) is 8.42 Å². The first-order chi connectivity index (χ1) is 4.95. The topological polar surface area (TPSA) is 74.6 Å². The number of rotatable bonds is 5. The van der Waals surface area contributed by atoms with Crippen molar-refractivity contribution in [1.82, 2.24) is 0 Å². The maximum atomic E-state index is 10.1. The van der Waals surface area contributed by atoms with E-state index in [0.29, 0.717) is 6.42 Å². The lowest BCUT2D eigenvalue weighted by molar-refractivity contribution is 0.212. The molecule has 1 atom stereocenters. The molecule has 0 rings (SSSR count). The summed E-state index contributed by atoms with van der Waals surface area (Å²) in [7, 11) is -3.87. The Labute approximate surface area is 66.3 Å². The summed E-state index contributed by atoms with van der Waals surface area (Å²) in [5.74, 6) is -0.308. The van der Waals surface area contributed by atoms with Gasteiger partial charge in [0.05, 0.1) is 11.9 Å². The van der Waals surface area contributed by atoms with Gasteiger partial charge in [-0.05, 0) is 12.8 Å². The summed E-state index contributed by atoms with van der Waals surface area (Å²) in [6, 6.07) is 0. The van der Waals surface area contributed by atoms with Crippen LogP contribution in [-0.4, -0.2) is 29.9 Å². The maximum Gasteiger partial charge on any atom is 0.264 e. The lowest BCUT2D eigenvalue weighted by Gasteiger charge is -2.01. The van der Waals surface area contributed by atoms with Crippen LogP contribution >= 0.6 is 0 Å². The average Bonchev–Trinajstić information content (AvgIpc) is 1.85. The van der Waals surface area contributed by atoms with Crippen molar-refractivity contribution in [3.05, 3.63) is 12.7 Å². The highest BCUT2D eigenvalue weighted by molar-refractivity contribution is 7.85. The molecule has 0 bridgehead atoms. The predicted octanol–water partition coefficient (Wildman–Crippen LogP) is 0.201. The van der Waals surface area contributed by atoms with Gasteiger partial charge >= 0.3 is 0 Å². The molecule has 66 valence electrons. The van der Waals surface area contributed by atoms with Gasteiger partial charge in [-0.3, -0.25) is 4.55 Å². The molecule has 0 aromatic carbocycles. The lowest BCUT2D eigenvalue weighted by atomic mass is 10.2. The highest BCUT2D eigenvalue weighted by atomic mass is 32.2. The molecule has 0 heterocycles. The minimum Gasteiger partial charge on any atom is -0.389 e. The van der Waals surface area contributed by atoms with E-state index in [-0.39, 0.29) is 12.2 Å². The van der Waals surface area contributed by atoms with Crippen LogP contribution in [0.15, 0.2) is 12.7 Å². The molecule has 11 heavy (non-hydrogen) atoms. The molecule has 0 amide bonds. The third-order valence-electron chi connectivity index (χ3n) is 1.17. The van der Waals surface area contributed by atoms with E-state index in [1.807, 2.05) is 0 Å². The van der Waals surface area contributed by atoms with Crippen molar-refractivity contribution >= 4 is 10.1 Å². The normalized spacial score (nSPS) is 14.4. The number of aliphatic hydroxyl groups excluding tert-OH is 1. The average molecular weight is 180 g/mol. The molecule has 0 fully saturated rings. The van der Waals surface area contributed by atoms with Crippen molar-refractivity contribution in [2.24, 2.45) is 0 Å². The molecule has 0 spiro atoms. The van der Waals surface area contributed by atoms with E-state index >= 15 is 0 Å². The largest absolute Gasteiger partial charge is 0.389 e. The van der Waals surface area contributed by atoms with E-state index in [1.54, 1.807) is 0 Å². The summed E-state index contributed by atoms with van der Waals surface area (Å²) in [6.45, 7) is 3.31. The highest BCUT2D eigenvalue weighted by Crippen LogP contribution is 1.99. The summed E-state index contributed by atoms with van der Waals surface area (Å²) >= 11 is 0. The van der Waals surface area contributed by atoms with E-state index < -0.39 is 16.2 Å². The molecule has 0 aromatic heterocycles. The summed E-state index contributed by atoms with van der Waals surface area (Å²) < 4.78 is 28.6. The van der Waals surface area contributed by atoms with Crippen molar-refractivity contribution in [2.75, 3.05) is 5.75 Å². The molecule has 1 unspecified atom stereocenters. The number of hydrogen-bond donors (Lipinski definition) is 2. The fourth-order valence-electron chi connectivity index (χ4n) is 0.593. The van der Waals surface area contributed by atoms with Gasteiger partial charge in [0, 0.05) is 0 Å². The first kappa shape index (κ1) is 10.6. The molecule has 2 N–H and O–H groups in total. The van der Waals surface area contributed by atoms with Gasteiger partial charge in [0.2, 0.25) is 0 Å². The second-order valence-corrected chi connectivity index (χ2v) is 3.80. The Morgan fingerprint density at radius 2 is 2.09 bits per heavy atom. The van der Waals surface area contributed by atoms with Crippen molar-refractivity contribution in [3.63, 3.8) is 0 Å². The third kappa shape index (κ3) is 7.51. The van der Waals surface area contributed by atoms with E-state index in [4.69, 9.17) is 9.66 Å². The first-order valence-corrected chi connectivity index (χ1v) is 4.82. The zero-order chi connectivity index (χ0) is 8.91. The minimum atomic E-state index is -3.87. The van der Waals surface area contributed by atoms with Gasteiger partial charge < -0.3 is 5.11 Å². The molecule has 0 aromatic rings. The van der Waals surface area contributed by atoms with Gasteiger partial charge in [0.1, 0.15) is 0 Å². The van der Waals surface area contributed by atoms with Crippen LogP contribution in [-0.2, 0) is 10.1 Å². The van der Waals surface area contributed by atoms with Crippen LogP contribution in [0.25, 0.3) is 0 Å². The Hall–Kier alpha value is -0.390. The minimum absolute atomic E-state index is 0.242. The second-order valence-electron chi connectivity index (χ2n) is 2.23. The van der Waals surface area contributed by atoms with Crippen LogP contribution in [0.3, 0.4) is 0 Å². The van der Waals surface area contributed by atoms with Gasteiger partial charge in [0.25, 0.3) is 10.1 Å². The Morgan fingerprint density at radius 1 is 1.55 bits per heavy atom. The number of aliphatic hydroxyl groups is 1. The molecule has 0 saturated carbocycles. The van der Waals surface area contributed by atoms with Gasteiger partial charge in [-0.1, -0.05) is 6.08 Å². The molecule has 0 saturated heterocycles. The van der Waals surface area contributed by atoms with E-state index in [1.165, 1.54) is 6.08 Å².